The zero-order chi connectivity index (χ0) is 39.2. The summed E-state index contributed by atoms with van der Waals surface area (Å²) in [5.41, 5.74) is 9.21. The lowest BCUT2D eigenvalue weighted by molar-refractivity contribution is 0.176. The average Bonchev–Trinajstić information content (AvgIpc) is 3.95. The van der Waals surface area contributed by atoms with Crippen molar-refractivity contribution in [3.8, 4) is 0 Å². The van der Waals surface area contributed by atoms with Gasteiger partial charge in [-0.05, 0) is 152 Å². The van der Waals surface area contributed by atoms with E-state index in [2.05, 4.69) is 23.0 Å². The Hall–Kier alpha value is -4.16. The maximum absolute atomic E-state index is 14.2. The van der Waals surface area contributed by atoms with Crippen LogP contribution in [0.15, 0.2) is 75.6 Å². The molecule has 3 aromatic carbocycles. The zero-order valence-corrected chi connectivity index (χ0v) is 33.2. The second-order valence-corrected chi connectivity index (χ2v) is 17.7. The third-order valence-corrected chi connectivity index (χ3v) is 13.5. The lowest BCUT2D eigenvalue weighted by atomic mass is 9.62. The molecule has 3 heterocycles. The number of ether oxygens (including phenoxy) is 3. The van der Waals surface area contributed by atoms with Crippen molar-refractivity contribution in [2.45, 2.75) is 118 Å². The molecule has 2 N–H and O–H groups in total. The largest absolute Gasteiger partial charge is 0.462 e. The lowest BCUT2D eigenvalue weighted by Crippen LogP contribution is -2.56. The van der Waals surface area contributed by atoms with Crippen LogP contribution in [-0.2, 0) is 30.5 Å². The number of hydrazine groups is 2. The fourth-order valence-corrected chi connectivity index (χ4v) is 9.39. The summed E-state index contributed by atoms with van der Waals surface area (Å²) < 4.78 is 60.6. The van der Waals surface area contributed by atoms with Gasteiger partial charge in [0.25, 0.3) is 0 Å². The van der Waals surface area contributed by atoms with Crippen LogP contribution in [0.3, 0.4) is 0 Å². The summed E-state index contributed by atoms with van der Waals surface area (Å²) in [5.74, 6) is -1.43. The highest BCUT2D eigenvalue weighted by Crippen LogP contribution is 2.54. The standard InChI is InChI=1S/C43H47Cl2F3N6O3/c44-30-4-2-27(3-5-30)41(9-1-10-41)11-6-35-24-55-38(49-35)52-54(40-51-37(26-57-40)8-13-43(16-17-43)29-20-33(47)23-34(48)21-29)53-39-50-36(25-56-39)7-12-42(14-15-42)28-18-31(45)22-32(46)19-28/h2-5,18-23,35-37H,1,6-17,24-26H2,(H,49,52)(H,50,53)/t35?,36-,37?/m0/s1. The number of hydrogen-bond donors (Lipinski definition) is 2. The zero-order valence-electron chi connectivity index (χ0n) is 31.7. The highest BCUT2D eigenvalue weighted by atomic mass is 35.5. The quantitative estimate of drug-likeness (QED) is 0.177. The van der Waals surface area contributed by atoms with Gasteiger partial charge in [-0.2, -0.15) is 0 Å². The van der Waals surface area contributed by atoms with Gasteiger partial charge in [0.15, 0.2) is 0 Å². The van der Waals surface area contributed by atoms with Crippen molar-refractivity contribution in [2.75, 3.05) is 19.8 Å². The molecule has 0 bridgehead atoms. The molecule has 3 fully saturated rings. The normalized spacial score (nSPS) is 24.6. The summed E-state index contributed by atoms with van der Waals surface area (Å²) in [7, 11) is 0. The average molecular weight is 824 g/mol. The molecule has 0 amide bonds. The molecule has 2 unspecified atom stereocenters. The smallest absolute Gasteiger partial charge is 0.327 e. The summed E-state index contributed by atoms with van der Waals surface area (Å²) in [6.07, 6.45) is 12.1. The van der Waals surface area contributed by atoms with Gasteiger partial charge in [0.1, 0.15) is 37.3 Å². The van der Waals surface area contributed by atoms with Crippen molar-refractivity contribution in [3.05, 3.63) is 105 Å². The summed E-state index contributed by atoms with van der Waals surface area (Å²) in [4.78, 5) is 14.6. The van der Waals surface area contributed by atoms with Crippen LogP contribution in [0.5, 0.6) is 0 Å². The third kappa shape index (κ3) is 8.53. The molecule has 3 atom stereocenters. The molecule has 0 saturated heterocycles. The molecule has 0 aromatic heterocycles. The minimum Gasteiger partial charge on any atom is -0.462 e. The van der Waals surface area contributed by atoms with Crippen molar-refractivity contribution in [3.63, 3.8) is 0 Å². The van der Waals surface area contributed by atoms with Crippen LogP contribution in [0.25, 0.3) is 0 Å². The summed E-state index contributed by atoms with van der Waals surface area (Å²) in [5, 5.41) is 2.66. The van der Waals surface area contributed by atoms with Crippen molar-refractivity contribution >= 4 is 41.3 Å². The Labute approximate surface area is 341 Å². The van der Waals surface area contributed by atoms with Gasteiger partial charge in [0, 0.05) is 16.1 Å². The van der Waals surface area contributed by atoms with Crippen molar-refractivity contribution < 1.29 is 27.4 Å². The Kier molecular flexibility index (Phi) is 10.5. The molecule has 9 nitrogen and oxygen atoms in total. The van der Waals surface area contributed by atoms with E-state index < -0.39 is 11.6 Å². The van der Waals surface area contributed by atoms with E-state index in [4.69, 9.17) is 52.4 Å². The topological polar surface area (TPSA) is 92.1 Å². The van der Waals surface area contributed by atoms with E-state index in [1.165, 1.54) is 35.3 Å². The predicted molar refractivity (Wildman–Crippen MR) is 214 cm³/mol. The molecule has 302 valence electrons. The first-order valence-corrected chi connectivity index (χ1v) is 21.0. The van der Waals surface area contributed by atoms with E-state index in [9.17, 15) is 13.2 Å². The van der Waals surface area contributed by atoms with Gasteiger partial charge in [0.2, 0.25) is 0 Å². The molecular formula is C43H47Cl2F3N6O3. The van der Waals surface area contributed by atoms with E-state index in [1.807, 2.05) is 18.2 Å². The molecule has 14 heteroatoms. The van der Waals surface area contributed by atoms with E-state index in [0.29, 0.717) is 48.9 Å². The molecule has 3 aliphatic carbocycles. The summed E-state index contributed by atoms with van der Waals surface area (Å²) in [6, 6.07) is 17.5. The van der Waals surface area contributed by atoms with Crippen molar-refractivity contribution in [1.82, 2.24) is 16.0 Å². The lowest BCUT2D eigenvalue weighted by Gasteiger charge is -2.43. The molecule has 57 heavy (non-hydrogen) atoms. The number of aliphatic imine (C=N–C) groups is 3. The summed E-state index contributed by atoms with van der Waals surface area (Å²) in [6.45, 7) is 1.18. The molecule has 0 radical (unpaired) electrons. The Morgan fingerprint density at radius 3 is 1.53 bits per heavy atom. The van der Waals surface area contributed by atoms with E-state index in [0.717, 1.165) is 87.3 Å². The number of nitrogens with zero attached hydrogens (tertiary/aromatic N) is 4. The van der Waals surface area contributed by atoms with Crippen molar-refractivity contribution in [2.24, 2.45) is 15.0 Å². The third-order valence-electron chi connectivity index (χ3n) is 13.0. The second-order valence-electron chi connectivity index (χ2n) is 16.9. The minimum atomic E-state index is -0.556. The van der Waals surface area contributed by atoms with Crippen LogP contribution in [0, 0.1) is 17.5 Å². The number of rotatable bonds is 12. The first-order valence-electron chi connectivity index (χ1n) is 20.2. The van der Waals surface area contributed by atoms with Crippen LogP contribution in [0.1, 0.15) is 100 Å². The SMILES string of the molecule is Fc1cc(F)cc(C2(CCC3COC(N(NC4=NC(CCC5(c6ccc(Cl)cc6)CCC5)CO4)NC4=N[C@@H](CCC5(c6cc(F)cc(Cl)c6)CC5)CO4)=N3)CC2)c1. The van der Waals surface area contributed by atoms with Crippen LogP contribution in [0.4, 0.5) is 13.2 Å². The molecule has 0 spiro atoms. The number of halogens is 5. The Morgan fingerprint density at radius 2 is 1.04 bits per heavy atom. The Morgan fingerprint density at radius 1 is 0.561 bits per heavy atom. The molecule has 3 aliphatic heterocycles. The van der Waals surface area contributed by atoms with Crippen molar-refractivity contribution in [1.29, 1.82) is 0 Å². The highest BCUT2D eigenvalue weighted by Gasteiger charge is 2.46. The van der Waals surface area contributed by atoms with Crippen LogP contribution in [0.2, 0.25) is 10.0 Å². The van der Waals surface area contributed by atoms with Crippen LogP contribution < -0.4 is 10.9 Å². The fraction of sp³-hybridized carbons (Fsp3) is 0.512. The first-order chi connectivity index (χ1) is 27.6. The Balaban J connectivity index is 0.866. The number of hydrogen-bond acceptors (Lipinski definition) is 9. The van der Waals surface area contributed by atoms with E-state index in [-0.39, 0.29) is 46.2 Å². The number of nitrogens with one attached hydrogen (secondary N) is 2. The molecule has 3 saturated carbocycles. The fourth-order valence-electron chi connectivity index (χ4n) is 9.04. The minimum absolute atomic E-state index is 0.0205. The number of benzene rings is 3. The predicted octanol–water partition coefficient (Wildman–Crippen LogP) is 9.21. The van der Waals surface area contributed by atoms with Gasteiger partial charge in [-0.25, -0.2) is 39.0 Å². The van der Waals surface area contributed by atoms with Gasteiger partial charge < -0.3 is 14.2 Å². The summed E-state index contributed by atoms with van der Waals surface area (Å²) >= 11 is 12.4. The highest BCUT2D eigenvalue weighted by molar-refractivity contribution is 6.30. The van der Waals surface area contributed by atoms with Crippen LogP contribution in [-0.4, -0.2) is 61.1 Å². The molecular weight excluding hydrogens is 776 g/mol. The van der Waals surface area contributed by atoms with Gasteiger partial charge in [0.05, 0.1) is 18.1 Å². The molecule has 6 aliphatic rings. The number of amidine groups is 3. The van der Waals surface area contributed by atoms with Gasteiger partial charge >= 0.3 is 18.1 Å². The maximum atomic E-state index is 14.2. The maximum Gasteiger partial charge on any atom is 0.327 e. The van der Waals surface area contributed by atoms with Gasteiger partial charge in [-0.15, -0.1) is 5.12 Å². The second kappa shape index (κ2) is 15.5. The van der Waals surface area contributed by atoms with Gasteiger partial charge in [-0.3, -0.25) is 0 Å². The van der Waals surface area contributed by atoms with E-state index >= 15 is 0 Å². The monoisotopic (exact) mass is 822 g/mol. The first kappa shape index (κ1) is 38.4. The molecule has 9 rings (SSSR count). The van der Waals surface area contributed by atoms with Gasteiger partial charge in [-0.1, -0.05) is 41.8 Å². The van der Waals surface area contributed by atoms with Crippen LogP contribution >= 0.6 is 23.2 Å². The Bertz CT molecular complexity index is 2030. The molecule has 3 aromatic rings. The van der Waals surface area contributed by atoms with E-state index in [1.54, 1.807) is 6.07 Å².